The van der Waals surface area contributed by atoms with Crippen LogP contribution in [0.15, 0.2) is 54.6 Å². The van der Waals surface area contributed by atoms with Gasteiger partial charge in [0.1, 0.15) is 5.75 Å². The molecule has 0 aliphatic heterocycles. The van der Waals surface area contributed by atoms with E-state index in [-0.39, 0.29) is 12.5 Å². The van der Waals surface area contributed by atoms with Gasteiger partial charge in [-0.3, -0.25) is 4.79 Å². The van der Waals surface area contributed by atoms with Crippen molar-refractivity contribution in [3.05, 3.63) is 65.7 Å². The van der Waals surface area contributed by atoms with E-state index in [4.69, 9.17) is 9.84 Å². The van der Waals surface area contributed by atoms with Gasteiger partial charge in [-0.25, -0.2) is 4.79 Å². The summed E-state index contributed by atoms with van der Waals surface area (Å²) in [5.41, 5.74) is 2.38. The van der Waals surface area contributed by atoms with Crippen molar-refractivity contribution in [2.45, 2.75) is 6.92 Å². The van der Waals surface area contributed by atoms with Crippen molar-refractivity contribution in [3.63, 3.8) is 0 Å². The molecule has 0 aliphatic carbocycles. The number of carbonyl (C=O) groups excluding carboxylic acids is 1. The van der Waals surface area contributed by atoms with Gasteiger partial charge in [0.05, 0.1) is 0 Å². The Morgan fingerprint density at radius 3 is 2.61 bits per heavy atom. The molecule has 5 heteroatoms. The summed E-state index contributed by atoms with van der Waals surface area (Å²) in [4.78, 5) is 22.4. The van der Waals surface area contributed by atoms with E-state index >= 15 is 0 Å². The fraction of sp³-hybridized carbons (Fsp3) is 0.111. The van der Waals surface area contributed by atoms with E-state index in [1.54, 1.807) is 36.4 Å². The number of carboxylic acid groups (broad SMARTS) is 1. The Morgan fingerprint density at radius 1 is 1.17 bits per heavy atom. The van der Waals surface area contributed by atoms with Gasteiger partial charge in [0.25, 0.3) is 5.91 Å². The molecule has 0 aliphatic rings. The van der Waals surface area contributed by atoms with Gasteiger partial charge in [0.2, 0.25) is 0 Å². The van der Waals surface area contributed by atoms with Gasteiger partial charge in [-0.05, 0) is 42.8 Å². The number of hydrogen-bond acceptors (Lipinski definition) is 3. The normalized spacial score (nSPS) is 10.5. The lowest BCUT2D eigenvalue weighted by molar-refractivity contribution is -0.131. The lowest BCUT2D eigenvalue weighted by Gasteiger charge is -2.08. The Kier molecular flexibility index (Phi) is 5.52. The van der Waals surface area contributed by atoms with Gasteiger partial charge in [-0.15, -0.1) is 0 Å². The SMILES string of the molecule is Cc1ccc(OCC(=O)Nc2cccc(/C=C/C(=O)O)c2)cc1. The van der Waals surface area contributed by atoms with E-state index in [0.717, 1.165) is 11.6 Å². The average molecular weight is 311 g/mol. The number of nitrogens with one attached hydrogen (secondary N) is 1. The van der Waals surface area contributed by atoms with E-state index < -0.39 is 5.97 Å². The minimum Gasteiger partial charge on any atom is -0.484 e. The van der Waals surface area contributed by atoms with Gasteiger partial charge in [0.15, 0.2) is 6.61 Å². The lowest BCUT2D eigenvalue weighted by atomic mass is 10.2. The van der Waals surface area contributed by atoms with Crippen LogP contribution in [-0.2, 0) is 9.59 Å². The van der Waals surface area contributed by atoms with Crippen LogP contribution in [0.5, 0.6) is 5.75 Å². The highest BCUT2D eigenvalue weighted by Crippen LogP contribution is 2.13. The lowest BCUT2D eigenvalue weighted by Crippen LogP contribution is -2.20. The van der Waals surface area contributed by atoms with E-state index in [1.165, 1.54) is 6.08 Å². The molecule has 1 amide bonds. The number of benzene rings is 2. The maximum Gasteiger partial charge on any atom is 0.328 e. The van der Waals surface area contributed by atoms with Crippen LogP contribution in [0.2, 0.25) is 0 Å². The minimum atomic E-state index is -1.02. The number of rotatable bonds is 6. The Bertz CT molecular complexity index is 720. The number of aryl methyl sites for hydroxylation is 1. The van der Waals surface area contributed by atoms with Crippen molar-refractivity contribution in [3.8, 4) is 5.75 Å². The van der Waals surface area contributed by atoms with Crippen molar-refractivity contribution in [2.24, 2.45) is 0 Å². The van der Waals surface area contributed by atoms with Crippen LogP contribution in [0.25, 0.3) is 6.08 Å². The van der Waals surface area contributed by atoms with Crippen LogP contribution in [0.1, 0.15) is 11.1 Å². The summed E-state index contributed by atoms with van der Waals surface area (Å²) in [5.74, 6) is -0.681. The predicted molar refractivity (Wildman–Crippen MR) is 88.4 cm³/mol. The van der Waals surface area contributed by atoms with Crippen LogP contribution in [0, 0.1) is 6.92 Å². The third-order valence-corrected chi connectivity index (χ3v) is 2.98. The van der Waals surface area contributed by atoms with Gasteiger partial charge in [0, 0.05) is 11.8 Å². The smallest absolute Gasteiger partial charge is 0.328 e. The Balaban J connectivity index is 1.91. The fourth-order valence-electron chi connectivity index (χ4n) is 1.87. The zero-order chi connectivity index (χ0) is 16.7. The Labute approximate surface area is 134 Å². The molecule has 0 saturated heterocycles. The van der Waals surface area contributed by atoms with Crippen LogP contribution in [0.4, 0.5) is 5.69 Å². The van der Waals surface area contributed by atoms with Crippen LogP contribution in [0.3, 0.4) is 0 Å². The average Bonchev–Trinajstić information content (AvgIpc) is 2.53. The number of carbonyl (C=O) groups is 2. The first-order valence-electron chi connectivity index (χ1n) is 7.03. The number of carboxylic acids is 1. The number of amides is 1. The molecule has 0 spiro atoms. The summed E-state index contributed by atoms with van der Waals surface area (Å²) in [7, 11) is 0. The van der Waals surface area contributed by atoms with Crippen LogP contribution >= 0.6 is 0 Å². The summed E-state index contributed by atoms with van der Waals surface area (Å²) < 4.78 is 5.40. The van der Waals surface area contributed by atoms with Crippen molar-refractivity contribution < 1.29 is 19.4 Å². The van der Waals surface area contributed by atoms with E-state index in [1.807, 2.05) is 19.1 Å². The number of aliphatic carboxylic acids is 1. The van der Waals surface area contributed by atoms with Crippen molar-refractivity contribution in [1.82, 2.24) is 0 Å². The number of hydrogen-bond donors (Lipinski definition) is 2. The molecule has 0 saturated carbocycles. The first-order valence-corrected chi connectivity index (χ1v) is 7.03. The van der Waals surface area contributed by atoms with Crippen LogP contribution in [-0.4, -0.2) is 23.6 Å². The molecule has 0 fully saturated rings. The largest absolute Gasteiger partial charge is 0.484 e. The van der Waals surface area contributed by atoms with E-state index in [0.29, 0.717) is 17.0 Å². The maximum atomic E-state index is 11.9. The van der Waals surface area contributed by atoms with Gasteiger partial charge in [-0.1, -0.05) is 29.8 Å². The Morgan fingerprint density at radius 2 is 1.91 bits per heavy atom. The second-order valence-corrected chi connectivity index (χ2v) is 4.95. The molecule has 118 valence electrons. The van der Waals surface area contributed by atoms with E-state index in [2.05, 4.69) is 5.32 Å². The Hall–Kier alpha value is -3.08. The van der Waals surface area contributed by atoms with E-state index in [9.17, 15) is 9.59 Å². The summed E-state index contributed by atoms with van der Waals surface area (Å²) in [6.45, 7) is 1.88. The van der Waals surface area contributed by atoms with Gasteiger partial charge >= 0.3 is 5.97 Å². The molecule has 2 rings (SSSR count). The third-order valence-electron chi connectivity index (χ3n) is 2.98. The molecule has 0 aromatic heterocycles. The molecular formula is C18H17NO4. The molecule has 0 unspecified atom stereocenters. The number of ether oxygens (including phenoxy) is 1. The molecule has 5 nitrogen and oxygen atoms in total. The molecule has 0 heterocycles. The molecule has 2 aromatic carbocycles. The molecule has 2 N–H and O–H groups in total. The van der Waals surface area contributed by atoms with Crippen molar-refractivity contribution in [1.29, 1.82) is 0 Å². The topological polar surface area (TPSA) is 75.6 Å². The molecular weight excluding hydrogens is 294 g/mol. The molecule has 0 bridgehead atoms. The van der Waals surface area contributed by atoms with Crippen LogP contribution < -0.4 is 10.1 Å². The second-order valence-electron chi connectivity index (χ2n) is 4.95. The number of anilines is 1. The summed E-state index contributed by atoms with van der Waals surface area (Å²) in [6, 6.07) is 14.3. The predicted octanol–water partition coefficient (Wildman–Crippen LogP) is 3.11. The second kappa shape index (κ2) is 7.79. The van der Waals surface area contributed by atoms with Crippen molar-refractivity contribution >= 4 is 23.6 Å². The highest BCUT2D eigenvalue weighted by Gasteiger charge is 2.04. The first kappa shape index (κ1) is 16.3. The zero-order valence-corrected chi connectivity index (χ0v) is 12.7. The standard InChI is InChI=1S/C18H17NO4/c1-13-5-8-16(9-6-13)23-12-17(20)19-15-4-2-3-14(11-15)7-10-18(21)22/h2-11H,12H2,1H3,(H,19,20)(H,21,22)/b10-7+. The zero-order valence-electron chi connectivity index (χ0n) is 12.7. The van der Waals surface area contributed by atoms with Gasteiger partial charge in [-0.2, -0.15) is 0 Å². The summed E-state index contributed by atoms with van der Waals surface area (Å²) >= 11 is 0. The fourth-order valence-corrected chi connectivity index (χ4v) is 1.87. The maximum absolute atomic E-state index is 11.9. The monoisotopic (exact) mass is 311 g/mol. The molecule has 2 aromatic rings. The highest BCUT2D eigenvalue weighted by atomic mass is 16.5. The minimum absolute atomic E-state index is 0.0990. The quantitative estimate of drug-likeness (QED) is 0.804. The highest BCUT2D eigenvalue weighted by molar-refractivity contribution is 5.92. The van der Waals surface area contributed by atoms with Crippen molar-refractivity contribution in [2.75, 3.05) is 11.9 Å². The first-order chi connectivity index (χ1) is 11.0. The molecule has 23 heavy (non-hydrogen) atoms. The third kappa shape index (κ3) is 5.67. The molecule has 0 atom stereocenters. The van der Waals surface area contributed by atoms with Gasteiger partial charge < -0.3 is 15.2 Å². The molecule has 0 radical (unpaired) electrons. The summed E-state index contributed by atoms with van der Waals surface area (Å²) in [6.07, 6.45) is 2.50. The summed E-state index contributed by atoms with van der Waals surface area (Å²) in [5, 5.41) is 11.3.